The number of carbonyl (C=O) groups is 1. The molecule has 12 heavy (non-hydrogen) atoms. The fraction of sp³-hybridized carbons (Fsp3) is 0.889. The van der Waals surface area contributed by atoms with Crippen LogP contribution in [0.15, 0.2) is 0 Å². The van der Waals surface area contributed by atoms with Gasteiger partial charge in [-0.2, -0.15) is 0 Å². The molecular formula is C9H17NO2. The van der Waals surface area contributed by atoms with Gasteiger partial charge in [0.15, 0.2) is 0 Å². The van der Waals surface area contributed by atoms with Crippen LogP contribution in [-0.2, 0) is 4.79 Å². The fourth-order valence-electron chi connectivity index (χ4n) is 1.86. The van der Waals surface area contributed by atoms with Crippen LogP contribution >= 0.6 is 0 Å². The number of aliphatic carboxylic acids is 1. The average Bonchev–Trinajstić information content (AvgIpc) is 2.62. The highest BCUT2D eigenvalue weighted by molar-refractivity contribution is 5.78. The third kappa shape index (κ3) is 1.46. The van der Waals surface area contributed by atoms with Crippen LogP contribution in [0.3, 0.4) is 0 Å². The van der Waals surface area contributed by atoms with E-state index in [-0.39, 0.29) is 0 Å². The second kappa shape index (κ2) is 3.05. The maximum absolute atomic E-state index is 10.8. The first kappa shape index (κ1) is 9.52. The number of carboxylic acid groups (broad SMARTS) is 1. The summed E-state index contributed by atoms with van der Waals surface area (Å²) in [5, 5.41) is 8.91. The molecule has 1 aliphatic carbocycles. The summed E-state index contributed by atoms with van der Waals surface area (Å²) >= 11 is 0. The third-order valence-electron chi connectivity index (χ3n) is 2.78. The van der Waals surface area contributed by atoms with E-state index in [1.807, 2.05) is 0 Å². The van der Waals surface area contributed by atoms with Crippen molar-refractivity contribution in [1.82, 2.24) is 0 Å². The van der Waals surface area contributed by atoms with Gasteiger partial charge in [-0.3, -0.25) is 4.79 Å². The predicted octanol–water partition coefficient (Wildman–Crippen LogP) is 1.08. The second-order valence-electron chi connectivity index (χ2n) is 4.20. The number of nitrogens with two attached hydrogens (primary N) is 1. The van der Waals surface area contributed by atoms with E-state index >= 15 is 0 Å². The molecule has 1 saturated carbocycles. The standard InChI is InChI=1S/C9H17NO2/c1-6(2)3-7-4-9(7,5-10)8(11)12/h6-7H,3-5,10H2,1-2H3,(H,11,12)/t7-,9-/m0/s1. The molecule has 0 aromatic carbocycles. The number of rotatable bonds is 4. The summed E-state index contributed by atoms with van der Waals surface area (Å²) in [5.74, 6) is 0.179. The smallest absolute Gasteiger partial charge is 0.311 e. The van der Waals surface area contributed by atoms with Crippen molar-refractivity contribution < 1.29 is 9.90 Å². The van der Waals surface area contributed by atoms with E-state index in [4.69, 9.17) is 10.8 Å². The Morgan fingerprint density at radius 3 is 2.58 bits per heavy atom. The van der Waals surface area contributed by atoms with Gasteiger partial charge < -0.3 is 10.8 Å². The molecule has 70 valence electrons. The number of hydrogen-bond donors (Lipinski definition) is 2. The summed E-state index contributed by atoms with van der Waals surface area (Å²) < 4.78 is 0. The summed E-state index contributed by atoms with van der Waals surface area (Å²) in [4.78, 5) is 10.8. The summed E-state index contributed by atoms with van der Waals surface area (Å²) in [5.41, 5.74) is 4.89. The molecular weight excluding hydrogens is 154 g/mol. The second-order valence-corrected chi connectivity index (χ2v) is 4.20. The van der Waals surface area contributed by atoms with E-state index < -0.39 is 11.4 Å². The van der Waals surface area contributed by atoms with Gasteiger partial charge in [0.05, 0.1) is 5.41 Å². The Morgan fingerprint density at radius 1 is 1.75 bits per heavy atom. The molecule has 0 radical (unpaired) electrons. The van der Waals surface area contributed by atoms with Crippen LogP contribution in [-0.4, -0.2) is 17.6 Å². The molecule has 0 amide bonds. The fourth-order valence-corrected chi connectivity index (χ4v) is 1.86. The molecule has 0 heterocycles. The summed E-state index contributed by atoms with van der Waals surface area (Å²) in [6.45, 7) is 4.52. The summed E-state index contributed by atoms with van der Waals surface area (Å²) in [6, 6.07) is 0. The largest absolute Gasteiger partial charge is 0.481 e. The SMILES string of the molecule is CC(C)C[C@H]1C[C@@]1(CN)C(=O)O. The van der Waals surface area contributed by atoms with Crippen LogP contribution < -0.4 is 5.73 Å². The van der Waals surface area contributed by atoms with Gasteiger partial charge in [0.25, 0.3) is 0 Å². The van der Waals surface area contributed by atoms with Crippen LogP contribution in [0, 0.1) is 17.3 Å². The molecule has 3 heteroatoms. The molecule has 0 unspecified atom stereocenters. The lowest BCUT2D eigenvalue weighted by Crippen LogP contribution is -2.27. The Bertz CT molecular complexity index is 191. The Hall–Kier alpha value is -0.570. The van der Waals surface area contributed by atoms with Gasteiger partial charge in [0.1, 0.15) is 0 Å². The zero-order valence-electron chi connectivity index (χ0n) is 7.71. The summed E-state index contributed by atoms with van der Waals surface area (Å²) in [7, 11) is 0. The molecule has 0 saturated heterocycles. The van der Waals surface area contributed by atoms with Crippen molar-refractivity contribution in [2.75, 3.05) is 6.54 Å². The predicted molar refractivity (Wildman–Crippen MR) is 46.7 cm³/mol. The van der Waals surface area contributed by atoms with E-state index in [1.54, 1.807) is 0 Å². The Kier molecular flexibility index (Phi) is 2.42. The van der Waals surface area contributed by atoms with Gasteiger partial charge in [0.2, 0.25) is 0 Å². The molecule has 3 N–H and O–H groups in total. The molecule has 2 atom stereocenters. The van der Waals surface area contributed by atoms with Crippen molar-refractivity contribution in [2.24, 2.45) is 23.0 Å². The quantitative estimate of drug-likeness (QED) is 0.665. The zero-order chi connectivity index (χ0) is 9.35. The minimum atomic E-state index is -0.712. The molecule has 0 aromatic heterocycles. The van der Waals surface area contributed by atoms with Crippen molar-refractivity contribution >= 4 is 5.97 Å². The molecule has 1 fully saturated rings. The van der Waals surface area contributed by atoms with Gasteiger partial charge in [-0.1, -0.05) is 13.8 Å². The Labute approximate surface area is 72.9 Å². The normalized spacial score (nSPS) is 33.8. The third-order valence-corrected chi connectivity index (χ3v) is 2.78. The topological polar surface area (TPSA) is 63.3 Å². The molecule has 0 spiro atoms. The van der Waals surface area contributed by atoms with E-state index in [0.717, 1.165) is 12.8 Å². The van der Waals surface area contributed by atoms with Gasteiger partial charge in [-0.25, -0.2) is 0 Å². The molecule has 0 bridgehead atoms. The van der Waals surface area contributed by atoms with Crippen LogP contribution in [0.25, 0.3) is 0 Å². The van der Waals surface area contributed by atoms with Gasteiger partial charge in [-0.05, 0) is 24.7 Å². The highest BCUT2D eigenvalue weighted by Crippen LogP contribution is 2.54. The first-order valence-corrected chi connectivity index (χ1v) is 4.46. The van der Waals surface area contributed by atoms with Gasteiger partial charge in [0, 0.05) is 6.54 Å². The maximum atomic E-state index is 10.8. The van der Waals surface area contributed by atoms with E-state index in [2.05, 4.69) is 13.8 Å². The van der Waals surface area contributed by atoms with Crippen LogP contribution in [0.2, 0.25) is 0 Å². The lowest BCUT2D eigenvalue weighted by atomic mass is 9.98. The summed E-state index contributed by atoms with van der Waals surface area (Å²) in [6.07, 6.45) is 1.76. The average molecular weight is 171 g/mol. The van der Waals surface area contributed by atoms with Crippen molar-refractivity contribution in [3.05, 3.63) is 0 Å². The highest BCUT2D eigenvalue weighted by atomic mass is 16.4. The number of hydrogen-bond acceptors (Lipinski definition) is 2. The minimum Gasteiger partial charge on any atom is -0.481 e. The molecule has 1 rings (SSSR count). The molecule has 0 aromatic rings. The van der Waals surface area contributed by atoms with E-state index in [1.165, 1.54) is 0 Å². The van der Waals surface area contributed by atoms with E-state index in [0.29, 0.717) is 18.4 Å². The van der Waals surface area contributed by atoms with Crippen molar-refractivity contribution in [3.8, 4) is 0 Å². The first-order valence-electron chi connectivity index (χ1n) is 4.46. The van der Waals surface area contributed by atoms with E-state index in [9.17, 15) is 4.79 Å². The Morgan fingerprint density at radius 2 is 2.33 bits per heavy atom. The van der Waals surface area contributed by atoms with Crippen molar-refractivity contribution in [3.63, 3.8) is 0 Å². The van der Waals surface area contributed by atoms with Crippen molar-refractivity contribution in [1.29, 1.82) is 0 Å². The highest BCUT2D eigenvalue weighted by Gasteiger charge is 2.58. The number of carboxylic acids is 1. The van der Waals surface area contributed by atoms with Crippen molar-refractivity contribution in [2.45, 2.75) is 26.7 Å². The molecule has 1 aliphatic rings. The lowest BCUT2D eigenvalue weighted by Gasteiger charge is -2.09. The molecule has 0 aliphatic heterocycles. The van der Waals surface area contributed by atoms with Crippen LogP contribution in [0.1, 0.15) is 26.7 Å². The maximum Gasteiger partial charge on any atom is 0.311 e. The van der Waals surface area contributed by atoms with Crippen LogP contribution in [0.4, 0.5) is 0 Å². The molecule has 3 nitrogen and oxygen atoms in total. The first-order chi connectivity index (χ1) is 5.53. The van der Waals surface area contributed by atoms with Gasteiger partial charge >= 0.3 is 5.97 Å². The minimum absolute atomic E-state index is 0.291. The lowest BCUT2D eigenvalue weighted by molar-refractivity contribution is -0.143. The monoisotopic (exact) mass is 171 g/mol. The Balaban J connectivity index is 2.50. The zero-order valence-corrected chi connectivity index (χ0v) is 7.71. The van der Waals surface area contributed by atoms with Crippen LogP contribution in [0.5, 0.6) is 0 Å². The van der Waals surface area contributed by atoms with Gasteiger partial charge in [-0.15, -0.1) is 0 Å².